The molecule has 0 aliphatic carbocycles. The molecule has 5 heteroatoms. The van der Waals surface area contributed by atoms with Crippen molar-refractivity contribution in [1.82, 2.24) is 0 Å². The normalized spacial score (nSPS) is 22.6. The summed E-state index contributed by atoms with van der Waals surface area (Å²) in [5, 5.41) is 0. The summed E-state index contributed by atoms with van der Waals surface area (Å²) in [7, 11) is -3.00. The second-order valence-corrected chi connectivity index (χ2v) is 7.51. The van der Waals surface area contributed by atoms with E-state index in [2.05, 4.69) is 15.9 Å². The summed E-state index contributed by atoms with van der Waals surface area (Å²) < 4.78 is 23.6. The maximum Gasteiger partial charge on any atom is 0.167 e. The van der Waals surface area contributed by atoms with E-state index in [4.69, 9.17) is 0 Å². The third-order valence-electron chi connectivity index (χ3n) is 3.06. The van der Waals surface area contributed by atoms with Crippen LogP contribution in [0.3, 0.4) is 0 Å². The van der Waals surface area contributed by atoms with Gasteiger partial charge in [0.15, 0.2) is 15.6 Å². The molecule has 17 heavy (non-hydrogen) atoms. The molecule has 1 aliphatic heterocycles. The van der Waals surface area contributed by atoms with Gasteiger partial charge in [0, 0.05) is 16.0 Å². The molecule has 1 aromatic carbocycles. The van der Waals surface area contributed by atoms with Crippen LogP contribution in [0.1, 0.15) is 22.3 Å². The van der Waals surface area contributed by atoms with E-state index in [-0.39, 0.29) is 23.2 Å². The van der Waals surface area contributed by atoms with Gasteiger partial charge < -0.3 is 0 Å². The smallest absolute Gasteiger partial charge is 0.167 e. The number of carbonyl (C=O) groups excluding carboxylic acids is 1. The molecule has 0 radical (unpaired) electrons. The minimum absolute atomic E-state index is 0.00265. The maximum absolute atomic E-state index is 12.1. The molecule has 92 valence electrons. The highest BCUT2D eigenvalue weighted by atomic mass is 79.9. The van der Waals surface area contributed by atoms with Crippen LogP contribution in [0, 0.1) is 12.8 Å². The van der Waals surface area contributed by atoms with E-state index in [0.29, 0.717) is 12.0 Å². The predicted octanol–water partition coefficient (Wildman–Crippen LogP) is 2.37. The van der Waals surface area contributed by atoms with Gasteiger partial charge in [-0.2, -0.15) is 0 Å². The standard InChI is InChI=1S/C12H13BrO3S/c1-8-2-3-9(6-11(8)13)12(14)10-4-5-17(15,16)7-10/h2-3,6,10H,4-5,7H2,1H3. The number of carbonyl (C=O) groups is 1. The molecule has 0 aromatic heterocycles. The fraction of sp³-hybridized carbons (Fsp3) is 0.417. The van der Waals surface area contributed by atoms with Crippen LogP contribution >= 0.6 is 15.9 Å². The van der Waals surface area contributed by atoms with E-state index >= 15 is 0 Å². The third-order valence-corrected chi connectivity index (χ3v) is 5.68. The zero-order valence-corrected chi connectivity index (χ0v) is 11.8. The van der Waals surface area contributed by atoms with Crippen LogP contribution < -0.4 is 0 Å². The summed E-state index contributed by atoms with van der Waals surface area (Å²) in [6.45, 7) is 1.94. The number of sulfone groups is 1. The summed E-state index contributed by atoms with van der Waals surface area (Å²) in [6, 6.07) is 5.39. The van der Waals surface area contributed by atoms with Crippen molar-refractivity contribution in [2.45, 2.75) is 13.3 Å². The zero-order chi connectivity index (χ0) is 12.6. The van der Waals surface area contributed by atoms with E-state index < -0.39 is 9.84 Å². The predicted molar refractivity (Wildman–Crippen MR) is 70.0 cm³/mol. The largest absolute Gasteiger partial charge is 0.294 e. The highest BCUT2D eigenvalue weighted by Crippen LogP contribution is 2.25. The Morgan fingerprint density at radius 1 is 1.41 bits per heavy atom. The number of halogens is 1. The van der Waals surface area contributed by atoms with E-state index in [1.54, 1.807) is 12.1 Å². The number of benzene rings is 1. The molecule has 1 unspecified atom stereocenters. The van der Waals surface area contributed by atoms with Gasteiger partial charge in [-0.15, -0.1) is 0 Å². The Labute approximate surface area is 109 Å². The maximum atomic E-state index is 12.1. The molecule has 0 amide bonds. The SMILES string of the molecule is Cc1ccc(C(=O)C2CCS(=O)(=O)C2)cc1Br. The summed E-state index contributed by atoms with van der Waals surface area (Å²) >= 11 is 3.37. The Morgan fingerprint density at radius 3 is 2.65 bits per heavy atom. The van der Waals surface area contributed by atoms with Gasteiger partial charge >= 0.3 is 0 Å². The lowest BCUT2D eigenvalue weighted by molar-refractivity contribution is 0.0933. The van der Waals surface area contributed by atoms with E-state index in [1.807, 2.05) is 13.0 Å². The van der Waals surface area contributed by atoms with Crippen LogP contribution in [0.4, 0.5) is 0 Å². The number of aryl methyl sites for hydroxylation is 1. The molecular formula is C12H13BrO3S. The van der Waals surface area contributed by atoms with E-state index in [0.717, 1.165) is 10.0 Å². The Bertz CT molecular complexity index is 563. The van der Waals surface area contributed by atoms with Crippen molar-refractivity contribution < 1.29 is 13.2 Å². The van der Waals surface area contributed by atoms with Crippen molar-refractivity contribution >= 4 is 31.6 Å². The first-order valence-corrected chi connectivity index (χ1v) is 8.01. The average Bonchev–Trinajstić information content (AvgIpc) is 2.62. The van der Waals surface area contributed by atoms with Crippen molar-refractivity contribution in [3.05, 3.63) is 33.8 Å². The summed E-state index contributed by atoms with van der Waals surface area (Å²) in [4.78, 5) is 12.1. The molecule has 0 saturated carbocycles. The van der Waals surface area contributed by atoms with Crippen LogP contribution in [0.5, 0.6) is 0 Å². The number of rotatable bonds is 2. The Hall–Kier alpha value is -0.680. The van der Waals surface area contributed by atoms with Crippen LogP contribution in [0.2, 0.25) is 0 Å². The topological polar surface area (TPSA) is 51.2 Å². The lowest BCUT2D eigenvalue weighted by Gasteiger charge is -2.08. The molecule has 1 heterocycles. The molecule has 0 spiro atoms. The lowest BCUT2D eigenvalue weighted by atomic mass is 9.97. The Morgan fingerprint density at radius 2 is 2.12 bits per heavy atom. The second-order valence-electron chi connectivity index (χ2n) is 4.43. The molecule has 1 atom stereocenters. The lowest BCUT2D eigenvalue weighted by Crippen LogP contribution is -2.16. The minimum atomic E-state index is -3.00. The van der Waals surface area contributed by atoms with Crippen molar-refractivity contribution in [3.63, 3.8) is 0 Å². The third kappa shape index (κ3) is 2.77. The van der Waals surface area contributed by atoms with Crippen LogP contribution in [0.25, 0.3) is 0 Å². The van der Waals surface area contributed by atoms with Crippen LogP contribution in [-0.4, -0.2) is 25.7 Å². The quantitative estimate of drug-likeness (QED) is 0.787. The van der Waals surface area contributed by atoms with Gasteiger partial charge in [0.1, 0.15) is 0 Å². The van der Waals surface area contributed by atoms with Gasteiger partial charge in [0.25, 0.3) is 0 Å². The fourth-order valence-electron chi connectivity index (χ4n) is 1.98. The number of hydrogen-bond donors (Lipinski definition) is 0. The molecule has 1 aliphatic rings. The zero-order valence-electron chi connectivity index (χ0n) is 9.44. The fourth-order valence-corrected chi connectivity index (χ4v) is 4.10. The van der Waals surface area contributed by atoms with Gasteiger partial charge in [-0.3, -0.25) is 4.79 Å². The van der Waals surface area contributed by atoms with Crippen molar-refractivity contribution in [2.75, 3.05) is 11.5 Å². The highest BCUT2D eigenvalue weighted by molar-refractivity contribution is 9.10. The molecule has 3 nitrogen and oxygen atoms in total. The molecule has 0 bridgehead atoms. The summed E-state index contributed by atoms with van der Waals surface area (Å²) in [5.74, 6) is -0.297. The monoisotopic (exact) mass is 316 g/mol. The van der Waals surface area contributed by atoms with Crippen LogP contribution in [-0.2, 0) is 9.84 Å². The van der Waals surface area contributed by atoms with Crippen molar-refractivity contribution in [2.24, 2.45) is 5.92 Å². The van der Waals surface area contributed by atoms with Gasteiger partial charge in [0.2, 0.25) is 0 Å². The second kappa shape index (κ2) is 4.53. The van der Waals surface area contributed by atoms with Crippen molar-refractivity contribution in [1.29, 1.82) is 0 Å². The Kier molecular flexibility index (Phi) is 3.41. The van der Waals surface area contributed by atoms with Crippen LogP contribution in [0.15, 0.2) is 22.7 Å². The molecule has 1 saturated heterocycles. The minimum Gasteiger partial charge on any atom is -0.294 e. The van der Waals surface area contributed by atoms with E-state index in [9.17, 15) is 13.2 Å². The first-order chi connectivity index (χ1) is 7.89. The number of Topliss-reactive ketones (excluding diaryl/α,β-unsaturated/α-hetero) is 1. The molecule has 1 aromatic rings. The van der Waals surface area contributed by atoms with Gasteiger partial charge in [0.05, 0.1) is 11.5 Å². The highest BCUT2D eigenvalue weighted by Gasteiger charge is 2.33. The first-order valence-electron chi connectivity index (χ1n) is 5.40. The molecule has 2 rings (SSSR count). The van der Waals surface area contributed by atoms with Gasteiger partial charge in [-0.05, 0) is 25.0 Å². The van der Waals surface area contributed by atoms with Gasteiger partial charge in [-0.25, -0.2) is 8.42 Å². The summed E-state index contributed by atoms with van der Waals surface area (Å²) in [6.07, 6.45) is 0.451. The molecule has 0 N–H and O–H groups in total. The molecular weight excluding hydrogens is 304 g/mol. The van der Waals surface area contributed by atoms with Gasteiger partial charge in [-0.1, -0.05) is 28.1 Å². The number of hydrogen-bond acceptors (Lipinski definition) is 3. The van der Waals surface area contributed by atoms with Crippen molar-refractivity contribution in [3.8, 4) is 0 Å². The molecule has 1 fully saturated rings. The van der Waals surface area contributed by atoms with E-state index in [1.165, 1.54) is 0 Å². The average molecular weight is 317 g/mol. The Balaban J connectivity index is 2.23. The first kappa shape index (κ1) is 12.8. The number of ketones is 1. The summed E-state index contributed by atoms with van der Waals surface area (Å²) in [5.41, 5.74) is 1.64.